The van der Waals surface area contributed by atoms with Gasteiger partial charge in [-0.15, -0.1) is 0 Å². The van der Waals surface area contributed by atoms with Crippen molar-refractivity contribution in [2.24, 2.45) is 0 Å². The highest BCUT2D eigenvalue weighted by Crippen LogP contribution is 2.26. The van der Waals surface area contributed by atoms with Gasteiger partial charge in [0.2, 0.25) is 0 Å². The molecule has 1 aromatic carbocycles. The molecule has 8 heteroatoms. The maximum absolute atomic E-state index is 12.1. The summed E-state index contributed by atoms with van der Waals surface area (Å²) in [6.45, 7) is 1.74. The van der Waals surface area contributed by atoms with Crippen molar-refractivity contribution in [2.75, 3.05) is 0 Å². The summed E-state index contributed by atoms with van der Waals surface area (Å²) in [7, 11) is 0. The van der Waals surface area contributed by atoms with E-state index in [1.54, 1.807) is 13.0 Å². The molecule has 0 radical (unpaired) electrons. The SMILES string of the molecule is Cc1ncn(Cc2c(Cl)cccc2[N+](=O)[O-])c(=O)c1I. The standard InChI is InChI=1S/C12H9ClIN3O3/c1-7-11(14)12(18)16(6-15-7)5-8-9(13)3-2-4-10(8)17(19)20/h2-4,6H,5H2,1H3. The van der Waals surface area contributed by atoms with E-state index in [0.717, 1.165) is 0 Å². The van der Waals surface area contributed by atoms with Crippen molar-refractivity contribution in [3.8, 4) is 0 Å². The van der Waals surface area contributed by atoms with Crippen LogP contribution < -0.4 is 5.56 Å². The summed E-state index contributed by atoms with van der Waals surface area (Å²) in [5, 5.41) is 11.3. The number of aromatic nitrogens is 2. The highest BCUT2D eigenvalue weighted by molar-refractivity contribution is 14.1. The van der Waals surface area contributed by atoms with Gasteiger partial charge in [-0.25, -0.2) is 4.98 Å². The largest absolute Gasteiger partial charge is 0.294 e. The number of hydrogen-bond acceptors (Lipinski definition) is 4. The molecule has 0 N–H and O–H groups in total. The zero-order valence-corrected chi connectivity index (χ0v) is 13.3. The lowest BCUT2D eigenvalue weighted by Crippen LogP contribution is -2.25. The second-order valence-electron chi connectivity index (χ2n) is 4.07. The zero-order chi connectivity index (χ0) is 14.9. The van der Waals surface area contributed by atoms with Crippen LogP contribution in [0, 0.1) is 20.6 Å². The number of nitrogens with zero attached hydrogens (tertiary/aromatic N) is 3. The van der Waals surface area contributed by atoms with E-state index in [4.69, 9.17) is 11.6 Å². The van der Waals surface area contributed by atoms with Gasteiger partial charge >= 0.3 is 0 Å². The first-order valence-corrected chi connectivity index (χ1v) is 7.00. The molecular weight excluding hydrogens is 397 g/mol. The van der Waals surface area contributed by atoms with Gasteiger partial charge in [-0.05, 0) is 35.6 Å². The molecule has 0 aliphatic rings. The molecule has 0 fully saturated rings. The number of hydrogen-bond donors (Lipinski definition) is 0. The maximum atomic E-state index is 12.1. The van der Waals surface area contributed by atoms with Crippen LogP contribution >= 0.6 is 34.2 Å². The number of rotatable bonds is 3. The molecule has 1 heterocycles. The van der Waals surface area contributed by atoms with E-state index < -0.39 is 4.92 Å². The molecular formula is C12H9ClIN3O3. The van der Waals surface area contributed by atoms with Gasteiger partial charge in [0.05, 0.1) is 37.6 Å². The summed E-state index contributed by atoms with van der Waals surface area (Å²) in [5.74, 6) is 0. The highest BCUT2D eigenvalue weighted by Gasteiger charge is 2.18. The van der Waals surface area contributed by atoms with E-state index in [0.29, 0.717) is 14.8 Å². The lowest BCUT2D eigenvalue weighted by atomic mass is 10.2. The van der Waals surface area contributed by atoms with Gasteiger partial charge in [0.25, 0.3) is 11.2 Å². The molecule has 0 saturated heterocycles. The summed E-state index contributed by atoms with van der Waals surface area (Å²) in [6.07, 6.45) is 1.37. The van der Waals surface area contributed by atoms with Crippen molar-refractivity contribution < 1.29 is 4.92 Å². The van der Waals surface area contributed by atoms with Crippen LogP contribution in [0.4, 0.5) is 5.69 Å². The van der Waals surface area contributed by atoms with Crippen LogP contribution in [0.1, 0.15) is 11.3 Å². The zero-order valence-electron chi connectivity index (χ0n) is 10.3. The maximum Gasteiger partial charge on any atom is 0.275 e. The fourth-order valence-electron chi connectivity index (χ4n) is 1.70. The summed E-state index contributed by atoms with van der Waals surface area (Å²) in [6, 6.07) is 4.42. The Bertz CT molecular complexity index is 745. The lowest BCUT2D eigenvalue weighted by molar-refractivity contribution is -0.385. The smallest absolute Gasteiger partial charge is 0.275 e. The van der Waals surface area contributed by atoms with E-state index in [1.807, 2.05) is 22.6 Å². The fourth-order valence-corrected chi connectivity index (χ4v) is 2.38. The first kappa shape index (κ1) is 14.9. The van der Waals surface area contributed by atoms with Crippen LogP contribution in [0.25, 0.3) is 0 Å². The second kappa shape index (κ2) is 5.88. The van der Waals surface area contributed by atoms with Gasteiger partial charge < -0.3 is 0 Å². The first-order chi connectivity index (χ1) is 9.41. The van der Waals surface area contributed by atoms with Crippen molar-refractivity contribution in [2.45, 2.75) is 13.5 Å². The number of nitro benzene ring substituents is 1. The van der Waals surface area contributed by atoms with E-state index >= 15 is 0 Å². The summed E-state index contributed by atoms with van der Waals surface area (Å²) < 4.78 is 1.79. The Hall–Kier alpha value is -1.48. The van der Waals surface area contributed by atoms with Crippen LogP contribution in [0.3, 0.4) is 0 Å². The Morgan fingerprint density at radius 2 is 2.20 bits per heavy atom. The summed E-state index contributed by atoms with van der Waals surface area (Å²) >= 11 is 7.91. The molecule has 0 atom stereocenters. The number of nitro groups is 1. The Kier molecular flexibility index (Phi) is 4.39. The van der Waals surface area contributed by atoms with Gasteiger partial charge in [0.15, 0.2) is 0 Å². The normalized spacial score (nSPS) is 10.6. The minimum absolute atomic E-state index is 0.0120. The molecule has 0 aliphatic carbocycles. The molecule has 20 heavy (non-hydrogen) atoms. The molecule has 0 spiro atoms. The number of benzene rings is 1. The third-order valence-corrected chi connectivity index (χ3v) is 4.37. The highest BCUT2D eigenvalue weighted by atomic mass is 127. The minimum atomic E-state index is -0.515. The Morgan fingerprint density at radius 3 is 2.85 bits per heavy atom. The van der Waals surface area contributed by atoms with Crippen molar-refractivity contribution in [3.05, 3.63) is 64.8 Å². The molecule has 1 aromatic heterocycles. The molecule has 0 unspecified atom stereocenters. The quantitative estimate of drug-likeness (QED) is 0.447. The molecule has 0 amide bonds. The Labute approximate surface area is 132 Å². The van der Waals surface area contributed by atoms with E-state index in [-0.39, 0.29) is 22.8 Å². The average molecular weight is 406 g/mol. The second-order valence-corrected chi connectivity index (χ2v) is 5.56. The van der Waals surface area contributed by atoms with Crippen molar-refractivity contribution >= 4 is 39.9 Å². The van der Waals surface area contributed by atoms with Crippen molar-refractivity contribution in [1.82, 2.24) is 9.55 Å². The number of halogens is 2. The monoisotopic (exact) mass is 405 g/mol. The third kappa shape index (κ3) is 2.83. The summed E-state index contributed by atoms with van der Waals surface area (Å²) in [5.41, 5.74) is 0.565. The van der Waals surface area contributed by atoms with Crippen LogP contribution in [0.2, 0.25) is 5.02 Å². The van der Waals surface area contributed by atoms with Crippen LogP contribution in [-0.2, 0) is 6.54 Å². The van der Waals surface area contributed by atoms with Gasteiger partial charge in [0.1, 0.15) is 0 Å². The van der Waals surface area contributed by atoms with Gasteiger partial charge in [0, 0.05) is 6.07 Å². The van der Waals surface area contributed by atoms with Crippen LogP contribution in [0.5, 0.6) is 0 Å². The Balaban J connectivity index is 2.54. The van der Waals surface area contributed by atoms with Crippen LogP contribution in [0.15, 0.2) is 29.3 Å². The molecule has 104 valence electrons. The van der Waals surface area contributed by atoms with Gasteiger partial charge in [-0.1, -0.05) is 17.7 Å². The number of aryl methyl sites for hydroxylation is 1. The van der Waals surface area contributed by atoms with Crippen molar-refractivity contribution in [1.29, 1.82) is 0 Å². The average Bonchev–Trinajstić information content (AvgIpc) is 2.41. The predicted molar refractivity (Wildman–Crippen MR) is 83.2 cm³/mol. The first-order valence-electron chi connectivity index (χ1n) is 5.55. The van der Waals surface area contributed by atoms with Crippen molar-refractivity contribution in [3.63, 3.8) is 0 Å². The molecule has 2 rings (SSSR count). The minimum Gasteiger partial charge on any atom is -0.294 e. The molecule has 6 nitrogen and oxygen atoms in total. The third-order valence-electron chi connectivity index (χ3n) is 2.78. The molecule has 0 saturated carbocycles. The molecule has 2 aromatic rings. The fraction of sp³-hybridized carbons (Fsp3) is 0.167. The molecule has 0 bridgehead atoms. The Morgan fingerprint density at radius 1 is 1.50 bits per heavy atom. The lowest BCUT2D eigenvalue weighted by Gasteiger charge is -2.09. The predicted octanol–water partition coefficient (Wildman–Crippen LogP) is 2.77. The van der Waals surface area contributed by atoms with E-state index in [1.165, 1.54) is 23.0 Å². The molecule has 0 aliphatic heterocycles. The van der Waals surface area contributed by atoms with Gasteiger partial charge in [-0.3, -0.25) is 19.5 Å². The topological polar surface area (TPSA) is 78.0 Å². The van der Waals surface area contributed by atoms with Crippen LogP contribution in [-0.4, -0.2) is 14.5 Å². The summed E-state index contributed by atoms with van der Waals surface area (Å²) in [4.78, 5) is 26.7. The van der Waals surface area contributed by atoms with Gasteiger partial charge in [-0.2, -0.15) is 0 Å². The van der Waals surface area contributed by atoms with E-state index in [2.05, 4.69) is 4.98 Å². The van der Waals surface area contributed by atoms with E-state index in [9.17, 15) is 14.9 Å².